The first-order valence-electron chi connectivity index (χ1n) is 17.4. The molecule has 0 aromatic heterocycles. The summed E-state index contributed by atoms with van der Waals surface area (Å²) in [6.45, 7) is 17.2. The van der Waals surface area contributed by atoms with Gasteiger partial charge in [0.2, 0.25) is 5.12 Å². The van der Waals surface area contributed by atoms with Crippen molar-refractivity contribution in [2.75, 3.05) is 26.4 Å². The van der Waals surface area contributed by atoms with Crippen LogP contribution in [0.25, 0.3) is 0 Å². The van der Waals surface area contributed by atoms with Crippen molar-refractivity contribution in [1.82, 2.24) is 0 Å². The second-order valence-corrected chi connectivity index (χ2v) is 11.8. The molecule has 0 N–H and O–H groups in total. The van der Waals surface area contributed by atoms with Crippen molar-refractivity contribution in [2.45, 2.75) is 44.9 Å². The van der Waals surface area contributed by atoms with Crippen LogP contribution < -0.4 is 9.47 Å². The number of hydrogen-bond donors (Lipinski definition) is 0. The number of allylic oxidation sites excluding steroid dienone is 4. The standard InChI is InChI=1S/C41H40O11S.C2H6/c1-5-33(52-40(45)30-12-19-34(20-13-30)48-27-10-28-50-38(43)7-3)18-11-29(4)51-39(44)31-16-23-36(24-17-31)53-41(46)32-14-21-35(22-15-32)47-25-8-9-26-49-37(42)6-2;1-2/h5-7,11-24H,1-3,8-10,25-28H2,4H3;1-2H3/b29-11+,33-18+;. The van der Waals surface area contributed by atoms with Gasteiger partial charge in [0.05, 0.1) is 37.6 Å². The molecule has 3 aromatic carbocycles. The van der Waals surface area contributed by atoms with E-state index in [9.17, 15) is 24.0 Å². The molecule has 0 saturated carbocycles. The van der Waals surface area contributed by atoms with Crippen LogP contribution in [0.1, 0.15) is 71.1 Å². The fraction of sp³-hybridized carbons (Fsp3) is 0.233. The van der Waals surface area contributed by atoms with Crippen LogP contribution >= 0.6 is 11.8 Å². The predicted molar refractivity (Wildman–Crippen MR) is 211 cm³/mol. The molecule has 0 spiro atoms. The van der Waals surface area contributed by atoms with Gasteiger partial charge in [-0.1, -0.05) is 33.6 Å². The van der Waals surface area contributed by atoms with Crippen LogP contribution in [0, 0.1) is 0 Å². The van der Waals surface area contributed by atoms with E-state index in [0.29, 0.717) is 61.0 Å². The smallest absolute Gasteiger partial charge is 0.343 e. The lowest BCUT2D eigenvalue weighted by Gasteiger charge is -2.08. The van der Waals surface area contributed by atoms with E-state index in [-0.39, 0.29) is 34.4 Å². The summed E-state index contributed by atoms with van der Waals surface area (Å²) >= 11 is 1.02. The summed E-state index contributed by atoms with van der Waals surface area (Å²) in [7, 11) is 0. The maximum absolute atomic E-state index is 12.8. The summed E-state index contributed by atoms with van der Waals surface area (Å²) in [4.78, 5) is 60.9. The van der Waals surface area contributed by atoms with Crippen LogP contribution in [0.3, 0.4) is 0 Å². The average Bonchev–Trinajstić information content (AvgIpc) is 3.21. The number of benzene rings is 3. The van der Waals surface area contributed by atoms with Crippen molar-refractivity contribution in [1.29, 1.82) is 0 Å². The molecule has 55 heavy (non-hydrogen) atoms. The molecule has 12 heteroatoms. The second kappa shape index (κ2) is 25.8. The molecule has 3 rings (SSSR count). The molecule has 0 aliphatic carbocycles. The Morgan fingerprint density at radius 2 is 1.02 bits per heavy atom. The third-order valence-corrected chi connectivity index (χ3v) is 7.74. The highest BCUT2D eigenvalue weighted by Crippen LogP contribution is 2.25. The third-order valence-electron chi connectivity index (χ3n) is 6.82. The number of hydrogen-bond acceptors (Lipinski definition) is 12. The summed E-state index contributed by atoms with van der Waals surface area (Å²) in [5.41, 5.74) is 1.04. The van der Waals surface area contributed by atoms with Crippen LogP contribution in [0.5, 0.6) is 11.5 Å². The summed E-state index contributed by atoms with van der Waals surface area (Å²) in [6, 6.07) is 19.5. The molecule has 0 aliphatic heterocycles. The minimum atomic E-state index is -0.626. The number of rotatable bonds is 21. The van der Waals surface area contributed by atoms with E-state index >= 15 is 0 Å². The maximum Gasteiger partial charge on any atom is 0.343 e. The van der Waals surface area contributed by atoms with Gasteiger partial charge in [0.15, 0.2) is 0 Å². The van der Waals surface area contributed by atoms with Crippen LogP contribution in [-0.4, -0.2) is 55.4 Å². The van der Waals surface area contributed by atoms with E-state index in [2.05, 4.69) is 19.7 Å². The third kappa shape index (κ3) is 17.5. The molecule has 0 aliphatic rings. The van der Waals surface area contributed by atoms with Crippen molar-refractivity contribution < 1.29 is 52.4 Å². The van der Waals surface area contributed by atoms with E-state index in [1.165, 1.54) is 18.2 Å². The van der Waals surface area contributed by atoms with Crippen LogP contribution in [0.15, 0.2) is 139 Å². The van der Waals surface area contributed by atoms with Crippen LogP contribution in [0.4, 0.5) is 0 Å². The Balaban J connectivity index is 0.00000514. The molecule has 290 valence electrons. The normalized spacial score (nSPS) is 10.7. The van der Waals surface area contributed by atoms with Gasteiger partial charge in [0.25, 0.3) is 0 Å². The summed E-state index contributed by atoms with van der Waals surface area (Å²) < 4.78 is 31.9. The number of carbonyl (C=O) groups excluding carboxylic acids is 5. The zero-order valence-corrected chi connectivity index (χ0v) is 32.1. The molecule has 3 aromatic rings. The predicted octanol–water partition coefficient (Wildman–Crippen LogP) is 9.02. The number of unbranched alkanes of at least 4 members (excludes halogenated alkanes) is 1. The van der Waals surface area contributed by atoms with Crippen molar-refractivity contribution in [3.63, 3.8) is 0 Å². The highest BCUT2D eigenvalue weighted by Gasteiger charge is 2.13. The van der Waals surface area contributed by atoms with Gasteiger partial charge in [-0.05, 0) is 123 Å². The number of esters is 4. The number of thioether (sulfide) groups is 1. The Morgan fingerprint density at radius 1 is 0.564 bits per heavy atom. The van der Waals surface area contributed by atoms with Gasteiger partial charge in [-0.3, -0.25) is 4.79 Å². The van der Waals surface area contributed by atoms with Gasteiger partial charge in [-0.2, -0.15) is 0 Å². The van der Waals surface area contributed by atoms with Gasteiger partial charge in [-0.25, -0.2) is 19.2 Å². The Labute approximate surface area is 326 Å². The largest absolute Gasteiger partial charge is 0.494 e. The Morgan fingerprint density at radius 3 is 1.55 bits per heavy atom. The molecule has 0 bridgehead atoms. The van der Waals surface area contributed by atoms with E-state index in [1.54, 1.807) is 79.7 Å². The van der Waals surface area contributed by atoms with Gasteiger partial charge in [-0.15, -0.1) is 0 Å². The molecule has 0 radical (unpaired) electrons. The summed E-state index contributed by atoms with van der Waals surface area (Å²) in [5, 5.41) is -0.177. The Hall–Kier alpha value is -6.14. The van der Waals surface area contributed by atoms with E-state index in [0.717, 1.165) is 23.9 Å². The van der Waals surface area contributed by atoms with Gasteiger partial charge < -0.3 is 28.4 Å². The van der Waals surface area contributed by atoms with Gasteiger partial charge in [0.1, 0.15) is 23.0 Å². The van der Waals surface area contributed by atoms with Gasteiger partial charge in [0, 0.05) is 29.0 Å². The monoisotopic (exact) mass is 770 g/mol. The molecule has 0 atom stereocenters. The SMILES string of the molecule is C=CC(=O)OCCCCOc1ccc(C(=O)Sc2ccc(C(=O)O/C(C)=C/C=C(\C=C)OC(=O)c3ccc(OCCCOC(=O)C=C)cc3)cc2)cc1.CC. The zero-order valence-electron chi connectivity index (χ0n) is 31.3. The number of ether oxygens (including phenoxy) is 6. The zero-order chi connectivity index (χ0) is 40.4. The van der Waals surface area contributed by atoms with Crippen molar-refractivity contribution in [2.24, 2.45) is 0 Å². The molecule has 0 amide bonds. The first-order chi connectivity index (χ1) is 26.6. The van der Waals surface area contributed by atoms with Crippen molar-refractivity contribution in [3.05, 3.63) is 151 Å². The molecule has 11 nitrogen and oxygen atoms in total. The quantitative estimate of drug-likeness (QED) is 0.0194. The highest BCUT2D eigenvalue weighted by molar-refractivity contribution is 8.14. The minimum Gasteiger partial charge on any atom is -0.494 e. The molecule has 0 saturated heterocycles. The molecular formula is C43H46O11S. The van der Waals surface area contributed by atoms with Gasteiger partial charge >= 0.3 is 23.9 Å². The lowest BCUT2D eigenvalue weighted by molar-refractivity contribution is -0.138. The lowest BCUT2D eigenvalue weighted by Crippen LogP contribution is -2.07. The fourth-order valence-corrected chi connectivity index (χ4v) is 4.79. The van der Waals surface area contributed by atoms with Crippen molar-refractivity contribution >= 4 is 40.8 Å². The first-order valence-corrected chi connectivity index (χ1v) is 18.2. The summed E-state index contributed by atoms with van der Waals surface area (Å²) in [6.07, 6.45) is 8.31. The van der Waals surface area contributed by atoms with E-state index < -0.39 is 23.9 Å². The fourth-order valence-electron chi connectivity index (χ4n) is 4.05. The van der Waals surface area contributed by atoms with Crippen molar-refractivity contribution in [3.8, 4) is 11.5 Å². The molecule has 0 heterocycles. The Kier molecular flexibility index (Phi) is 21.1. The van der Waals surface area contributed by atoms with E-state index in [1.807, 2.05) is 13.8 Å². The molecule has 0 fully saturated rings. The molecule has 0 unspecified atom stereocenters. The maximum atomic E-state index is 12.8. The topological polar surface area (TPSA) is 141 Å². The number of carbonyl (C=O) groups is 5. The Bertz CT molecular complexity index is 1810. The summed E-state index contributed by atoms with van der Waals surface area (Å²) in [5.74, 6) is -0.667. The minimum absolute atomic E-state index is 0.133. The lowest BCUT2D eigenvalue weighted by atomic mass is 10.2. The van der Waals surface area contributed by atoms with Crippen LogP contribution in [-0.2, 0) is 28.5 Å². The second-order valence-electron chi connectivity index (χ2n) is 10.8. The molecular weight excluding hydrogens is 725 g/mol. The van der Waals surface area contributed by atoms with Crippen LogP contribution in [0.2, 0.25) is 0 Å². The first kappa shape index (κ1) is 45.0. The average molecular weight is 771 g/mol. The highest BCUT2D eigenvalue weighted by atomic mass is 32.2. The van der Waals surface area contributed by atoms with E-state index in [4.69, 9.17) is 28.4 Å².